The van der Waals surface area contributed by atoms with Crippen LogP contribution in [0.3, 0.4) is 0 Å². The zero-order valence-electron chi connectivity index (χ0n) is 19.8. The van der Waals surface area contributed by atoms with Gasteiger partial charge in [0.1, 0.15) is 18.0 Å². The Bertz CT molecular complexity index is 1360. The SMILES string of the molecule is CNNC(=O)[C@@H]1C[C@@H](O)[C@H](n2cnc3c(NCc4ccccc4)nc(-c4cncc(OC)c4)nc32)O1. The lowest BCUT2D eigenvalue weighted by atomic mass is 10.2. The van der Waals surface area contributed by atoms with Crippen molar-refractivity contribution in [2.75, 3.05) is 19.5 Å². The van der Waals surface area contributed by atoms with Gasteiger partial charge in [-0.25, -0.2) is 20.4 Å². The van der Waals surface area contributed by atoms with Gasteiger partial charge in [0.2, 0.25) is 0 Å². The van der Waals surface area contributed by atoms with E-state index in [0.29, 0.717) is 40.7 Å². The molecule has 4 aromatic rings. The maximum atomic E-state index is 12.3. The quantitative estimate of drug-likeness (QED) is 0.267. The van der Waals surface area contributed by atoms with E-state index in [2.05, 4.69) is 26.1 Å². The van der Waals surface area contributed by atoms with E-state index in [1.807, 2.05) is 30.3 Å². The van der Waals surface area contributed by atoms with E-state index in [4.69, 9.17) is 19.4 Å². The number of hydrogen-bond donors (Lipinski definition) is 4. The number of pyridine rings is 1. The van der Waals surface area contributed by atoms with Crippen LogP contribution in [-0.4, -0.2) is 61.9 Å². The van der Waals surface area contributed by atoms with E-state index in [0.717, 1.165) is 5.56 Å². The zero-order valence-corrected chi connectivity index (χ0v) is 19.8. The number of nitrogens with one attached hydrogen (secondary N) is 3. The van der Waals surface area contributed by atoms with Crippen molar-refractivity contribution >= 4 is 22.9 Å². The highest BCUT2D eigenvalue weighted by Crippen LogP contribution is 2.33. The fourth-order valence-electron chi connectivity index (χ4n) is 4.06. The molecule has 0 radical (unpaired) electrons. The van der Waals surface area contributed by atoms with Gasteiger partial charge in [-0.3, -0.25) is 19.8 Å². The number of carbonyl (C=O) groups excluding carboxylic acids is 1. The molecular weight excluding hydrogens is 464 g/mol. The molecule has 1 aliphatic heterocycles. The summed E-state index contributed by atoms with van der Waals surface area (Å²) in [7, 11) is 3.15. The second-order valence-electron chi connectivity index (χ2n) is 8.23. The molecule has 0 aliphatic carbocycles. The number of fused-ring (bicyclic) bond motifs is 1. The summed E-state index contributed by atoms with van der Waals surface area (Å²) in [5, 5.41) is 14.1. The number of aliphatic hydroxyl groups is 1. The number of nitrogens with zero attached hydrogens (tertiary/aromatic N) is 5. The molecule has 0 spiro atoms. The van der Waals surface area contributed by atoms with Gasteiger partial charge < -0.3 is 19.9 Å². The molecule has 12 nitrogen and oxygen atoms in total. The lowest BCUT2D eigenvalue weighted by Crippen LogP contribution is -2.41. The largest absolute Gasteiger partial charge is 0.495 e. The van der Waals surface area contributed by atoms with Crippen LogP contribution in [0.4, 0.5) is 5.82 Å². The Balaban J connectivity index is 1.55. The number of aromatic nitrogens is 5. The predicted octanol–water partition coefficient (Wildman–Crippen LogP) is 1.41. The molecule has 4 N–H and O–H groups in total. The number of benzene rings is 1. The van der Waals surface area contributed by atoms with Crippen molar-refractivity contribution in [3.8, 4) is 17.1 Å². The Labute approximate surface area is 206 Å². The number of anilines is 1. The van der Waals surface area contributed by atoms with E-state index >= 15 is 0 Å². The van der Waals surface area contributed by atoms with Gasteiger partial charge >= 0.3 is 0 Å². The Hall–Kier alpha value is -4.13. The van der Waals surface area contributed by atoms with Crippen LogP contribution in [-0.2, 0) is 16.1 Å². The first-order chi connectivity index (χ1) is 17.6. The highest BCUT2D eigenvalue weighted by molar-refractivity contribution is 5.85. The highest BCUT2D eigenvalue weighted by Gasteiger charge is 2.40. The van der Waals surface area contributed by atoms with E-state index in [-0.39, 0.29) is 12.3 Å². The Morgan fingerprint density at radius 3 is 2.86 bits per heavy atom. The van der Waals surface area contributed by atoms with Crippen LogP contribution in [0.2, 0.25) is 0 Å². The van der Waals surface area contributed by atoms with Crippen molar-refractivity contribution in [3.05, 3.63) is 60.7 Å². The number of amides is 1. The van der Waals surface area contributed by atoms with Gasteiger partial charge in [-0.1, -0.05) is 30.3 Å². The molecule has 1 amide bonds. The van der Waals surface area contributed by atoms with E-state index in [9.17, 15) is 9.90 Å². The van der Waals surface area contributed by atoms with Crippen molar-refractivity contribution in [1.29, 1.82) is 0 Å². The summed E-state index contributed by atoms with van der Waals surface area (Å²) in [6.45, 7) is 0.518. The summed E-state index contributed by atoms with van der Waals surface area (Å²) in [5.41, 5.74) is 7.73. The van der Waals surface area contributed by atoms with E-state index < -0.39 is 18.4 Å². The molecule has 1 aliphatic rings. The number of aliphatic hydroxyl groups excluding tert-OH is 1. The highest BCUT2D eigenvalue weighted by atomic mass is 16.5. The van der Waals surface area contributed by atoms with Crippen LogP contribution >= 0.6 is 0 Å². The maximum Gasteiger partial charge on any atom is 0.263 e. The number of methoxy groups -OCH3 is 1. The van der Waals surface area contributed by atoms with Gasteiger partial charge in [0.05, 0.1) is 19.6 Å². The minimum atomic E-state index is -0.937. The molecule has 3 aromatic heterocycles. The Kier molecular flexibility index (Phi) is 6.71. The molecule has 1 saturated heterocycles. The summed E-state index contributed by atoms with van der Waals surface area (Å²) in [6.07, 6.45) is 2.30. The molecule has 0 saturated carbocycles. The maximum absolute atomic E-state index is 12.3. The third kappa shape index (κ3) is 4.69. The van der Waals surface area contributed by atoms with Crippen LogP contribution in [0.5, 0.6) is 5.75 Å². The summed E-state index contributed by atoms with van der Waals surface area (Å²) in [4.78, 5) is 30.4. The average molecular weight is 491 g/mol. The first-order valence-corrected chi connectivity index (χ1v) is 11.4. The lowest BCUT2D eigenvalue weighted by molar-refractivity contribution is -0.135. The van der Waals surface area contributed by atoms with Crippen LogP contribution in [0.25, 0.3) is 22.6 Å². The average Bonchev–Trinajstić information content (AvgIpc) is 3.51. The van der Waals surface area contributed by atoms with Gasteiger partial charge in [0.25, 0.3) is 5.91 Å². The van der Waals surface area contributed by atoms with Crippen LogP contribution in [0.1, 0.15) is 18.2 Å². The predicted molar refractivity (Wildman–Crippen MR) is 131 cm³/mol. The number of ether oxygens (including phenoxy) is 2. The smallest absolute Gasteiger partial charge is 0.263 e. The molecule has 1 fully saturated rings. The lowest BCUT2D eigenvalue weighted by Gasteiger charge is -2.17. The fourth-order valence-corrected chi connectivity index (χ4v) is 4.06. The topological polar surface area (TPSA) is 148 Å². The molecule has 4 heterocycles. The summed E-state index contributed by atoms with van der Waals surface area (Å²) in [6, 6.07) is 11.7. The van der Waals surface area contributed by atoms with Crippen molar-refractivity contribution in [1.82, 2.24) is 35.4 Å². The third-order valence-corrected chi connectivity index (χ3v) is 5.83. The standard InChI is InChI=1S/C24H26N8O4/c1-25-31-23(34)18-9-17(33)24(36-18)32-13-28-19-21(27-10-14-6-4-3-5-7-14)29-20(30-22(19)32)15-8-16(35-2)12-26-11-15/h3-8,11-13,17-18,24-25,33H,9-10H2,1-2H3,(H,31,34)(H,27,29,30)/t17-,18+,24-/m1/s1. The number of hydrazine groups is 1. The van der Waals surface area contributed by atoms with Gasteiger partial charge in [-0.05, 0) is 11.6 Å². The van der Waals surface area contributed by atoms with Crippen LogP contribution in [0.15, 0.2) is 55.1 Å². The molecule has 0 unspecified atom stereocenters. The zero-order chi connectivity index (χ0) is 25.1. The summed E-state index contributed by atoms with van der Waals surface area (Å²) >= 11 is 0. The van der Waals surface area contributed by atoms with E-state index in [1.54, 1.807) is 37.2 Å². The van der Waals surface area contributed by atoms with Crippen molar-refractivity contribution in [2.24, 2.45) is 0 Å². The van der Waals surface area contributed by atoms with E-state index in [1.165, 1.54) is 6.33 Å². The number of imidazole rings is 1. The minimum absolute atomic E-state index is 0.134. The van der Waals surface area contributed by atoms with Gasteiger partial charge in [-0.15, -0.1) is 0 Å². The Morgan fingerprint density at radius 1 is 1.25 bits per heavy atom. The van der Waals surface area contributed by atoms with Crippen molar-refractivity contribution < 1.29 is 19.4 Å². The van der Waals surface area contributed by atoms with Crippen molar-refractivity contribution in [2.45, 2.75) is 31.4 Å². The van der Waals surface area contributed by atoms with Crippen molar-refractivity contribution in [3.63, 3.8) is 0 Å². The molecule has 186 valence electrons. The van der Waals surface area contributed by atoms with Gasteiger partial charge in [0.15, 0.2) is 29.0 Å². The first kappa shape index (κ1) is 23.6. The summed E-state index contributed by atoms with van der Waals surface area (Å²) < 4.78 is 12.8. The van der Waals surface area contributed by atoms with Gasteiger partial charge in [0, 0.05) is 31.8 Å². The van der Waals surface area contributed by atoms with Gasteiger partial charge in [-0.2, -0.15) is 0 Å². The Morgan fingerprint density at radius 2 is 2.08 bits per heavy atom. The molecule has 0 bridgehead atoms. The summed E-state index contributed by atoms with van der Waals surface area (Å²) in [5.74, 6) is 1.10. The molecule has 1 aromatic carbocycles. The fraction of sp³-hybridized carbons (Fsp3) is 0.292. The first-order valence-electron chi connectivity index (χ1n) is 11.4. The third-order valence-electron chi connectivity index (χ3n) is 5.83. The molecule has 36 heavy (non-hydrogen) atoms. The molecular formula is C24H26N8O4. The van der Waals surface area contributed by atoms with Crippen LogP contribution in [0, 0.1) is 0 Å². The molecule has 12 heteroatoms. The minimum Gasteiger partial charge on any atom is -0.495 e. The molecule has 3 atom stereocenters. The number of rotatable bonds is 8. The monoisotopic (exact) mass is 490 g/mol. The second-order valence-corrected chi connectivity index (χ2v) is 8.23. The number of hydrogen-bond acceptors (Lipinski definition) is 10. The number of carbonyl (C=O) groups is 1. The second kappa shape index (κ2) is 10.2. The molecule has 5 rings (SSSR count). The normalized spacial score (nSPS) is 19.4. The van der Waals surface area contributed by atoms with Crippen LogP contribution < -0.4 is 20.9 Å².